The minimum atomic E-state index is -0.328. The molecule has 4 heteroatoms. The molecule has 0 aromatic heterocycles. The maximum absolute atomic E-state index is 13.4. The van der Waals surface area contributed by atoms with Gasteiger partial charge in [0.05, 0.1) is 12.0 Å². The molecule has 30 heavy (non-hydrogen) atoms. The van der Waals surface area contributed by atoms with E-state index in [-0.39, 0.29) is 41.3 Å². The molecular formula is C26H34N2O2. The van der Waals surface area contributed by atoms with E-state index < -0.39 is 0 Å². The number of nitrogens with zero attached hydrogens (tertiary/aromatic N) is 2. The van der Waals surface area contributed by atoms with Crippen LogP contribution >= 0.6 is 0 Å². The van der Waals surface area contributed by atoms with E-state index in [1.165, 1.54) is 0 Å². The smallest absolute Gasteiger partial charge is 0.229 e. The van der Waals surface area contributed by atoms with Crippen LogP contribution in [0.2, 0.25) is 0 Å². The van der Waals surface area contributed by atoms with Gasteiger partial charge in [0, 0.05) is 24.0 Å². The first kappa shape index (κ1) is 22.1. The largest absolute Gasteiger partial charge is 0.334 e. The summed E-state index contributed by atoms with van der Waals surface area (Å²) in [5, 5.41) is 0. The van der Waals surface area contributed by atoms with Gasteiger partial charge in [-0.15, -0.1) is 0 Å². The Hall–Kier alpha value is -2.62. The molecule has 0 aliphatic carbocycles. The lowest BCUT2D eigenvalue weighted by Crippen LogP contribution is -2.63. The molecule has 0 saturated carbocycles. The highest BCUT2D eigenvalue weighted by Crippen LogP contribution is 2.46. The standard InChI is InChI=1S/C26H34N2O2/c1-25(2,3)27(18-19-13-9-7-10-14-19)22(29)17-21-23(20-15-11-8-12-16-20)28(24(21)30)26(4,5)6/h7-16,21,23H,17-18H2,1-6H3/t21-,23+/m0/s1. The van der Waals surface area contributed by atoms with Crippen LogP contribution in [-0.4, -0.2) is 32.7 Å². The van der Waals surface area contributed by atoms with E-state index in [0.29, 0.717) is 6.54 Å². The van der Waals surface area contributed by atoms with Gasteiger partial charge in [-0.2, -0.15) is 0 Å². The molecular weight excluding hydrogens is 372 g/mol. The summed E-state index contributed by atoms with van der Waals surface area (Å²) in [5.74, 6) is -0.225. The summed E-state index contributed by atoms with van der Waals surface area (Å²) in [6, 6.07) is 20.0. The molecule has 1 saturated heterocycles. The lowest BCUT2D eigenvalue weighted by atomic mass is 9.76. The third kappa shape index (κ3) is 4.58. The van der Waals surface area contributed by atoms with Crippen LogP contribution in [0.3, 0.4) is 0 Å². The van der Waals surface area contributed by atoms with Crippen LogP contribution in [0.4, 0.5) is 0 Å². The highest BCUT2D eigenvalue weighted by Gasteiger charge is 2.53. The second-order valence-corrected chi connectivity index (χ2v) is 10.2. The summed E-state index contributed by atoms with van der Waals surface area (Å²) in [6.07, 6.45) is 0.231. The molecule has 2 amide bonds. The van der Waals surface area contributed by atoms with Crippen molar-refractivity contribution in [3.05, 3.63) is 71.8 Å². The number of carbonyl (C=O) groups excluding carboxylic acids is 2. The van der Waals surface area contributed by atoms with Gasteiger partial charge in [-0.1, -0.05) is 60.7 Å². The van der Waals surface area contributed by atoms with Crippen LogP contribution in [0.5, 0.6) is 0 Å². The maximum atomic E-state index is 13.4. The van der Waals surface area contributed by atoms with E-state index in [2.05, 4.69) is 32.9 Å². The zero-order valence-corrected chi connectivity index (χ0v) is 19.1. The molecule has 2 aromatic carbocycles. The van der Waals surface area contributed by atoms with Crippen molar-refractivity contribution in [1.82, 2.24) is 9.80 Å². The van der Waals surface area contributed by atoms with Crippen molar-refractivity contribution in [2.45, 2.75) is 71.6 Å². The van der Waals surface area contributed by atoms with Crippen molar-refractivity contribution in [1.29, 1.82) is 0 Å². The minimum Gasteiger partial charge on any atom is -0.334 e. The Morgan fingerprint density at radius 3 is 1.93 bits per heavy atom. The molecule has 1 aliphatic heterocycles. The van der Waals surface area contributed by atoms with Crippen LogP contribution in [0, 0.1) is 5.92 Å². The number of benzene rings is 2. The Bertz CT molecular complexity index is 879. The van der Waals surface area contributed by atoms with Crippen LogP contribution in [0.1, 0.15) is 65.1 Å². The fraction of sp³-hybridized carbons (Fsp3) is 0.462. The molecule has 2 aromatic rings. The Kier molecular flexibility index (Phi) is 6.07. The minimum absolute atomic E-state index is 0.0270. The molecule has 3 rings (SSSR count). The van der Waals surface area contributed by atoms with E-state index in [4.69, 9.17) is 0 Å². The summed E-state index contributed by atoms with van der Waals surface area (Å²) < 4.78 is 0. The van der Waals surface area contributed by atoms with Gasteiger partial charge >= 0.3 is 0 Å². The van der Waals surface area contributed by atoms with Crippen molar-refractivity contribution >= 4 is 11.8 Å². The molecule has 0 unspecified atom stereocenters. The Morgan fingerprint density at radius 1 is 0.900 bits per heavy atom. The predicted octanol–water partition coefficient (Wildman–Crippen LogP) is 5.20. The van der Waals surface area contributed by atoms with Crippen molar-refractivity contribution in [2.75, 3.05) is 0 Å². The normalized spacial score (nSPS) is 19.4. The van der Waals surface area contributed by atoms with Crippen LogP contribution in [0.15, 0.2) is 60.7 Å². The number of hydrogen-bond donors (Lipinski definition) is 0. The molecule has 160 valence electrons. The van der Waals surface area contributed by atoms with Gasteiger partial charge < -0.3 is 9.80 Å². The number of likely N-dealkylation sites (tertiary alicyclic amines) is 1. The third-order valence-electron chi connectivity index (χ3n) is 5.77. The molecule has 0 spiro atoms. The number of β-lactam (4-membered cyclic amide) rings is 1. The monoisotopic (exact) mass is 406 g/mol. The molecule has 1 heterocycles. The summed E-state index contributed by atoms with van der Waals surface area (Å²) in [7, 11) is 0. The molecule has 2 atom stereocenters. The summed E-state index contributed by atoms with van der Waals surface area (Å²) in [6.45, 7) is 12.8. The quantitative estimate of drug-likeness (QED) is 0.640. The fourth-order valence-corrected chi connectivity index (χ4v) is 4.29. The second kappa shape index (κ2) is 8.25. The average Bonchev–Trinajstić information content (AvgIpc) is 2.67. The molecule has 0 bridgehead atoms. The summed E-state index contributed by atoms with van der Waals surface area (Å²) >= 11 is 0. The molecule has 4 nitrogen and oxygen atoms in total. The second-order valence-electron chi connectivity index (χ2n) is 10.2. The number of amides is 2. The fourth-order valence-electron chi connectivity index (χ4n) is 4.29. The summed E-state index contributed by atoms with van der Waals surface area (Å²) in [4.78, 5) is 30.4. The zero-order valence-electron chi connectivity index (χ0n) is 19.1. The number of carbonyl (C=O) groups is 2. The molecule has 1 aliphatic rings. The summed E-state index contributed by atoms with van der Waals surface area (Å²) in [5.41, 5.74) is 1.57. The van der Waals surface area contributed by atoms with Gasteiger partial charge in [-0.25, -0.2) is 0 Å². The van der Waals surface area contributed by atoms with E-state index in [1.54, 1.807) is 0 Å². The average molecular weight is 407 g/mol. The lowest BCUT2D eigenvalue weighted by molar-refractivity contribution is -0.171. The van der Waals surface area contributed by atoms with E-state index in [9.17, 15) is 9.59 Å². The molecule has 1 fully saturated rings. The van der Waals surface area contributed by atoms with Gasteiger partial charge in [0.1, 0.15) is 0 Å². The van der Waals surface area contributed by atoms with Crippen molar-refractivity contribution in [3.63, 3.8) is 0 Å². The highest BCUT2D eigenvalue weighted by atomic mass is 16.2. The first-order chi connectivity index (χ1) is 14.0. The van der Waals surface area contributed by atoms with Crippen LogP contribution < -0.4 is 0 Å². The van der Waals surface area contributed by atoms with E-state index in [1.807, 2.05) is 79.1 Å². The molecule has 0 radical (unpaired) electrons. The van der Waals surface area contributed by atoms with Crippen molar-refractivity contribution in [3.8, 4) is 0 Å². The number of rotatable bonds is 5. The van der Waals surface area contributed by atoms with Crippen molar-refractivity contribution < 1.29 is 9.59 Å². The van der Waals surface area contributed by atoms with E-state index in [0.717, 1.165) is 11.1 Å². The first-order valence-corrected chi connectivity index (χ1v) is 10.7. The Balaban J connectivity index is 1.84. The Morgan fingerprint density at radius 2 is 1.43 bits per heavy atom. The van der Waals surface area contributed by atoms with Crippen LogP contribution in [0.25, 0.3) is 0 Å². The predicted molar refractivity (Wildman–Crippen MR) is 121 cm³/mol. The van der Waals surface area contributed by atoms with Gasteiger partial charge in [-0.3, -0.25) is 9.59 Å². The van der Waals surface area contributed by atoms with Gasteiger partial charge in [0.2, 0.25) is 11.8 Å². The third-order valence-corrected chi connectivity index (χ3v) is 5.77. The van der Waals surface area contributed by atoms with Gasteiger partial charge in [0.25, 0.3) is 0 Å². The topological polar surface area (TPSA) is 40.6 Å². The van der Waals surface area contributed by atoms with E-state index >= 15 is 0 Å². The van der Waals surface area contributed by atoms with Crippen LogP contribution in [-0.2, 0) is 16.1 Å². The number of hydrogen-bond acceptors (Lipinski definition) is 2. The maximum Gasteiger partial charge on any atom is 0.229 e. The zero-order chi connectivity index (χ0) is 22.1. The van der Waals surface area contributed by atoms with Gasteiger partial charge in [0.15, 0.2) is 0 Å². The first-order valence-electron chi connectivity index (χ1n) is 10.7. The Labute approximate surface area is 180 Å². The molecule has 0 N–H and O–H groups in total. The lowest BCUT2D eigenvalue weighted by Gasteiger charge is -2.54. The SMILES string of the molecule is CC(C)(C)N(Cc1ccccc1)C(=O)C[C@@H]1C(=O)N(C(C)(C)C)[C@@H]1c1ccccc1. The van der Waals surface area contributed by atoms with Gasteiger partial charge in [-0.05, 0) is 52.7 Å². The van der Waals surface area contributed by atoms with Crippen molar-refractivity contribution in [2.24, 2.45) is 5.92 Å². The highest BCUT2D eigenvalue weighted by molar-refractivity contribution is 5.92.